The molecule has 0 spiro atoms. The predicted molar refractivity (Wildman–Crippen MR) is 107 cm³/mol. The van der Waals surface area contributed by atoms with E-state index in [-0.39, 0.29) is 11.5 Å². The zero-order chi connectivity index (χ0) is 18.4. The molecule has 2 aromatic rings. The number of rotatable bonds is 3. The Bertz CT molecular complexity index is 908. The lowest BCUT2D eigenvalue weighted by Gasteiger charge is -2.39. The first-order chi connectivity index (χ1) is 12.5. The molecule has 5 nitrogen and oxygen atoms in total. The highest BCUT2D eigenvalue weighted by Crippen LogP contribution is 2.35. The van der Waals surface area contributed by atoms with Gasteiger partial charge < -0.3 is 4.90 Å². The molecule has 1 saturated heterocycles. The summed E-state index contributed by atoms with van der Waals surface area (Å²) >= 11 is 3.04. The average molecular weight is 392 g/mol. The van der Waals surface area contributed by atoms with Crippen molar-refractivity contribution in [3.05, 3.63) is 20.8 Å². The molecule has 0 N–H and O–H groups in total. The smallest absolute Gasteiger partial charge is 0.262 e. The van der Waals surface area contributed by atoms with Gasteiger partial charge in [0.05, 0.1) is 11.1 Å². The molecule has 26 heavy (non-hydrogen) atoms. The van der Waals surface area contributed by atoms with E-state index in [0.29, 0.717) is 23.0 Å². The number of amides is 1. The summed E-state index contributed by atoms with van der Waals surface area (Å²) in [6.45, 7) is 4.26. The fraction of sp³-hybridized carbons (Fsp3) is 0.632. The van der Waals surface area contributed by atoms with Crippen molar-refractivity contribution in [3.63, 3.8) is 0 Å². The van der Waals surface area contributed by atoms with Gasteiger partial charge in [-0.05, 0) is 57.9 Å². The molecule has 0 bridgehead atoms. The van der Waals surface area contributed by atoms with Crippen molar-refractivity contribution in [1.82, 2.24) is 14.5 Å². The molecule has 3 heterocycles. The minimum absolute atomic E-state index is 0.0315. The normalized spacial score (nSPS) is 22.8. The van der Waals surface area contributed by atoms with Crippen LogP contribution in [0.3, 0.4) is 0 Å². The number of carbonyl (C=O) groups excluding carboxylic acids is 1. The Balaban J connectivity index is 1.57. The number of piperidine rings is 1. The molecule has 2 atom stereocenters. The van der Waals surface area contributed by atoms with E-state index < -0.39 is 0 Å². The minimum Gasteiger partial charge on any atom is -0.337 e. The summed E-state index contributed by atoms with van der Waals surface area (Å²) in [6.07, 6.45) is 6.52. The highest BCUT2D eigenvalue weighted by Gasteiger charge is 2.29. The summed E-state index contributed by atoms with van der Waals surface area (Å²) in [5.41, 5.74) is 1.24. The van der Waals surface area contributed by atoms with E-state index in [2.05, 4.69) is 13.8 Å². The molecule has 0 unspecified atom stereocenters. The fourth-order valence-electron chi connectivity index (χ4n) is 4.35. The number of hydrogen-bond acceptors (Lipinski definition) is 5. The molecule has 140 valence electrons. The number of likely N-dealkylation sites (tertiary alicyclic amines) is 1. The summed E-state index contributed by atoms with van der Waals surface area (Å²) in [5, 5.41) is 1.45. The Morgan fingerprint density at radius 2 is 1.96 bits per heavy atom. The van der Waals surface area contributed by atoms with Crippen molar-refractivity contribution in [2.75, 3.05) is 5.75 Å². The first-order valence-electron chi connectivity index (χ1n) is 9.42. The van der Waals surface area contributed by atoms with Crippen molar-refractivity contribution in [2.45, 2.75) is 69.6 Å². The fourth-order valence-corrected chi connectivity index (χ4v) is 6.49. The maximum Gasteiger partial charge on any atom is 0.262 e. The zero-order valence-corrected chi connectivity index (χ0v) is 17.2. The number of thiophene rings is 1. The molecule has 2 aromatic heterocycles. The van der Waals surface area contributed by atoms with Gasteiger partial charge in [0.2, 0.25) is 5.91 Å². The number of fused-ring (bicyclic) bond motifs is 3. The molecule has 0 radical (unpaired) electrons. The van der Waals surface area contributed by atoms with Gasteiger partial charge in [0.25, 0.3) is 5.56 Å². The standard InChI is InChI=1S/C19H25N3O2S2/c1-11-6-4-7-12(2)22(11)15(23)10-25-19-20-17-16(18(24)21(19)3)13-8-5-9-14(13)26-17/h11-12H,4-10H2,1-3H3/t11-,12-/m0/s1. The Morgan fingerprint density at radius 3 is 2.69 bits per heavy atom. The molecule has 4 rings (SSSR count). The molecule has 1 amide bonds. The third-order valence-corrected chi connectivity index (χ3v) is 7.91. The van der Waals surface area contributed by atoms with Crippen LogP contribution in [0.25, 0.3) is 10.2 Å². The molecule has 1 aliphatic heterocycles. The number of aromatic nitrogens is 2. The van der Waals surface area contributed by atoms with Crippen LogP contribution in [0.5, 0.6) is 0 Å². The Hall–Kier alpha value is -1.34. The first kappa shape index (κ1) is 18.0. The number of nitrogens with zero attached hydrogens (tertiary/aromatic N) is 3. The van der Waals surface area contributed by atoms with Crippen LogP contribution >= 0.6 is 23.1 Å². The van der Waals surface area contributed by atoms with E-state index in [0.717, 1.165) is 42.3 Å². The van der Waals surface area contributed by atoms with Gasteiger partial charge >= 0.3 is 0 Å². The Kier molecular flexibility index (Phi) is 4.86. The molecule has 0 saturated carbocycles. The lowest BCUT2D eigenvalue weighted by atomic mass is 9.98. The van der Waals surface area contributed by atoms with E-state index in [1.807, 2.05) is 4.90 Å². The zero-order valence-electron chi connectivity index (χ0n) is 15.6. The van der Waals surface area contributed by atoms with E-state index in [9.17, 15) is 9.59 Å². The van der Waals surface area contributed by atoms with E-state index in [1.165, 1.54) is 28.6 Å². The quantitative estimate of drug-likeness (QED) is 0.595. The summed E-state index contributed by atoms with van der Waals surface area (Å²) in [5.74, 6) is 0.490. The van der Waals surface area contributed by atoms with Crippen molar-refractivity contribution >= 4 is 39.2 Å². The van der Waals surface area contributed by atoms with E-state index in [4.69, 9.17) is 4.98 Å². The summed E-state index contributed by atoms with van der Waals surface area (Å²) in [4.78, 5) is 34.5. The Morgan fingerprint density at radius 1 is 1.23 bits per heavy atom. The van der Waals surface area contributed by atoms with Crippen LogP contribution in [0.15, 0.2) is 9.95 Å². The summed E-state index contributed by atoms with van der Waals surface area (Å²) < 4.78 is 1.62. The van der Waals surface area contributed by atoms with Gasteiger partial charge in [0.1, 0.15) is 4.83 Å². The van der Waals surface area contributed by atoms with Crippen molar-refractivity contribution in [2.24, 2.45) is 7.05 Å². The average Bonchev–Trinajstić information content (AvgIpc) is 3.17. The molecular formula is C19H25N3O2S2. The molecule has 2 aliphatic rings. The monoisotopic (exact) mass is 391 g/mol. The topological polar surface area (TPSA) is 55.2 Å². The highest BCUT2D eigenvalue weighted by atomic mass is 32.2. The number of hydrogen-bond donors (Lipinski definition) is 0. The second-order valence-electron chi connectivity index (χ2n) is 7.51. The Labute approximate surface area is 161 Å². The van der Waals surface area contributed by atoms with Crippen LogP contribution in [0.2, 0.25) is 0 Å². The van der Waals surface area contributed by atoms with Crippen LogP contribution in [0, 0.1) is 0 Å². The van der Waals surface area contributed by atoms with Crippen molar-refractivity contribution in [3.8, 4) is 0 Å². The number of thioether (sulfide) groups is 1. The largest absolute Gasteiger partial charge is 0.337 e. The van der Waals surface area contributed by atoms with E-state index in [1.54, 1.807) is 23.0 Å². The van der Waals surface area contributed by atoms with Gasteiger partial charge in [-0.25, -0.2) is 4.98 Å². The van der Waals surface area contributed by atoms with E-state index >= 15 is 0 Å². The van der Waals surface area contributed by atoms with Gasteiger partial charge in [-0.1, -0.05) is 11.8 Å². The van der Waals surface area contributed by atoms with Crippen LogP contribution in [-0.2, 0) is 24.7 Å². The maximum absolute atomic E-state index is 12.8. The van der Waals surface area contributed by atoms with Gasteiger partial charge in [0, 0.05) is 24.0 Å². The lowest BCUT2D eigenvalue weighted by molar-refractivity contribution is -0.134. The van der Waals surface area contributed by atoms with Crippen molar-refractivity contribution < 1.29 is 4.79 Å². The summed E-state index contributed by atoms with van der Waals surface area (Å²) in [7, 11) is 1.77. The van der Waals surface area contributed by atoms with Crippen LogP contribution in [0.1, 0.15) is 50.0 Å². The van der Waals surface area contributed by atoms with Crippen LogP contribution < -0.4 is 5.56 Å². The predicted octanol–water partition coefficient (Wildman–Crippen LogP) is 3.37. The second-order valence-corrected chi connectivity index (χ2v) is 9.54. The number of aryl methyl sites for hydroxylation is 2. The second kappa shape index (κ2) is 7.00. The maximum atomic E-state index is 12.8. The highest BCUT2D eigenvalue weighted by molar-refractivity contribution is 7.99. The van der Waals surface area contributed by atoms with Gasteiger partial charge in [-0.2, -0.15) is 0 Å². The molecule has 1 aliphatic carbocycles. The van der Waals surface area contributed by atoms with Gasteiger partial charge in [-0.15, -0.1) is 11.3 Å². The van der Waals surface area contributed by atoms with Crippen LogP contribution in [-0.4, -0.2) is 38.2 Å². The third-order valence-electron chi connectivity index (χ3n) is 5.71. The molecule has 0 aromatic carbocycles. The van der Waals surface area contributed by atoms with Gasteiger partial charge in [-0.3, -0.25) is 14.2 Å². The lowest BCUT2D eigenvalue weighted by Crippen LogP contribution is -2.48. The molecular weight excluding hydrogens is 366 g/mol. The number of carbonyl (C=O) groups is 1. The van der Waals surface area contributed by atoms with Gasteiger partial charge in [0.15, 0.2) is 5.16 Å². The summed E-state index contributed by atoms with van der Waals surface area (Å²) in [6, 6.07) is 0.595. The molecule has 7 heteroatoms. The van der Waals surface area contributed by atoms with Crippen LogP contribution in [0.4, 0.5) is 0 Å². The first-order valence-corrected chi connectivity index (χ1v) is 11.2. The minimum atomic E-state index is 0.0315. The SMILES string of the molecule is C[C@H]1CCC[C@H](C)N1C(=O)CSc1nc2sc3c(c2c(=O)n1C)CCC3. The van der Waals surface area contributed by atoms with Crippen molar-refractivity contribution in [1.29, 1.82) is 0 Å². The molecule has 1 fully saturated rings. The third kappa shape index (κ3) is 2.99.